The van der Waals surface area contributed by atoms with Crippen LogP contribution < -0.4 is 5.32 Å². The first-order valence-corrected chi connectivity index (χ1v) is 8.76. The topological polar surface area (TPSA) is 98.0 Å². The highest BCUT2D eigenvalue weighted by molar-refractivity contribution is 7.18. The first-order chi connectivity index (χ1) is 13.2. The fraction of sp³-hybridized carbons (Fsp3) is 0. The number of nitrogens with zero attached hydrogens (tertiary/aromatic N) is 3. The number of carbonyl (C=O) groups excluding carboxylic acids is 2. The third-order valence-electron chi connectivity index (χ3n) is 3.69. The zero-order valence-corrected chi connectivity index (χ0v) is 14.6. The van der Waals surface area contributed by atoms with Gasteiger partial charge in [0.1, 0.15) is 10.6 Å². The van der Waals surface area contributed by atoms with Gasteiger partial charge >= 0.3 is 0 Å². The molecular formula is C19H12N4O3S. The Balaban J connectivity index is 1.70. The molecule has 1 N–H and O–H groups in total. The molecule has 7 nitrogen and oxygen atoms in total. The molecule has 0 saturated heterocycles. The van der Waals surface area contributed by atoms with Gasteiger partial charge in [0.15, 0.2) is 10.9 Å². The molecule has 0 aliphatic rings. The molecule has 0 saturated carbocycles. The van der Waals surface area contributed by atoms with E-state index in [4.69, 9.17) is 4.42 Å². The van der Waals surface area contributed by atoms with Gasteiger partial charge in [-0.1, -0.05) is 41.7 Å². The summed E-state index contributed by atoms with van der Waals surface area (Å²) < 4.78 is 5.41. The van der Waals surface area contributed by atoms with E-state index in [1.165, 1.54) is 18.7 Å². The first-order valence-electron chi connectivity index (χ1n) is 7.95. The van der Waals surface area contributed by atoms with Gasteiger partial charge < -0.3 is 4.42 Å². The molecule has 0 unspecified atom stereocenters. The average Bonchev–Trinajstić information content (AvgIpc) is 3.38. The molecular weight excluding hydrogens is 364 g/mol. The molecule has 4 aromatic rings. The van der Waals surface area contributed by atoms with Gasteiger partial charge in [-0.25, -0.2) is 4.98 Å². The molecule has 8 heteroatoms. The standard InChI is InChI=1S/C19H12N4O3S/c24-16(12-5-2-1-3-6-12)17-15(14-7-4-10-26-14)22-19(27-17)23-18(25)13-8-9-20-21-11-13/h1-11H,(H,22,23,25). The van der Waals surface area contributed by atoms with E-state index in [-0.39, 0.29) is 11.7 Å². The van der Waals surface area contributed by atoms with Crippen LogP contribution in [0.2, 0.25) is 0 Å². The smallest absolute Gasteiger partial charge is 0.259 e. The van der Waals surface area contributed by atoms with Gasteiger partial charge in [0, 0.05) is 5.56 Å². The quantitative estimate of drug-likeness (QED) is 0.534. The van der Waals surface area contributed by atoms with Gasteiger partial charge in [0.2, 0.25) is 5.78 Å². The molecule has 27 heavy (non-hydrogen) atoms. The largest absolute Gasteiger partial charge is 0.463 e. The number of thiazole rings is 1. The number of anilines is 1. The predicted molar refractivity (Wildman–Crippen MR) is 99.7 cm³/mol. The average molecular weight is 376 g/mol. The van der Waals surface area contributed by atoms with Crippen molar-refractivity contribution in [2.45, 2.75) is 0 Å². The zero-order chi connectivity index (χ0) is 18.6. The maximum Gasteiger partial charge on any atom is 0.259 e. The van der Waals surface area contributed by atoms with E-state index in [1.54, 1.807) is 42.5 Å². The van der Waals surface area contributed by atoms with Crippen LogP contribution in [0.1, 0.15) is 25.6 Å². The Bertz CT molecular complexity index is 1080. The summed E-state index contributed by atoms with van der Waals surface area (Å²) in [6.45, 7) is 0. The number of hydrogen-bond acceptors (Lipinski definition) is 7. The molecule has 0 radical (unpaired) electrons. The summed E-state index contributed by atoms with van der Waals surface area (Å²) in [6, 6.07) is 13.9. The third-order valence-corrected chi connectivity index (χ3v) is 4.66. The summed E-state index contributed by atoms with van der Waals surface area (Å²) in [4.78, 5) is 30.1. The molecule has 1 amide bonds. The number of furan rings is 1. The van der Waals surface area contributed by atoms with Gasteiger partial charge in [0.25, 0.3) is 5.91 Å². The molecule has 0 fully saturated rings. The van der Waals surface area contributed by atoms with Gasteiger partial charge in [-0.2, -0.15) is 10.2 Å². The van der Waals surface area contributed by atoms with E-state index in [0.29, 0.717) is 32.6 Å². The zero-order valence-electron chi connectivity index (χ0n) is 13.8. The Kier molecular flexibility index (Phi) is 4.54. The van der Waals surface area contributed by atoms with Crippen LogP contribution in [0.25, 0.3) is 11.5 Å². The first kappa shape index (κ1) is 16.8. The van der Waals surface area contributed by atoms with Crippen LogP contribution in [0.3, 0.4) is 0 Å². The number of nitrogens with one attached hydrogen (secondary N) is 1. The Hall–Kier alpha value is -3.65. The second-order valence-corrected chi connectivity index (χ2v) is 6.45. The van der Waals surface area contributed by atoms with E-state index in [2.05, 4.69) is 20.5 Å². The van der Waals surface area contributed by atoms with Crippen LogP contribution in [-0.2, 0) is 0 Å². The summed E-state index contributed by atoms with van der Waals surface area (Å²) >= 11 is 1.10. The van der Waals surface area contributed by atoms with Crippen molar-refractivity contribution >= 4 is 28.2 Å². The Morgan fingerprint density at radius 1 is 0.963 bits per heavy atom. The molecule has 4 rings (SSSR count). The Labute approximate surface area is 157 Å². The van der Waals surface area contributed by atoms with Crippen LogP contribution in [0.4, 0.5) is 5.13 Å². The van der Waals surface area contributed by atoms with E-state index in [1.807, 2.05) is 6.07 Å². The van der Waals surface area contributed by atoms with Gasteiger partial charge in [0.05, 0.1) is 24.2 Å². The molecule has 0 aliphatic heterocycles. The maximum absolute atomic E-state index is 12.9. The van der Waals surface area contributed by atoms with Gasteiger partial charge in [-0.05, 0) is 18.2 Å². The van der Waals surface area contributed by atoms with Crippen molar-refractivity contribution in [3.05, 3.63) is 83.2 Å². The minimum Gasteiger partial charge on any atom is -0.463 e. The van der Waals surface area contributed by atoms with Gasteiger partial charge in [-0.3, -0.25) is 14.9 Å². The number of ketones is 1. The molecule has 0 spiro atoms. The summed E-state index contributed by atoms with van der Waals surface area (Å²) in [5, 5.41) is 10.3. The maximum atomic E-state index is 12.9. The molecule has 3 aromatic heterocycles. The number of aromatic nitrogens is 3. The summed E-state index contributed by atoms with van der Waals surface area (Å²) in [6.07, 6.45) is 4.29. The fourth-order valence-corrected chi connectivity index (χ4v) is 3.35. The fourth-order valence-electron chi connectivity index (χ4n) is 2.42. The number of carbonyl (C=O) groups is 2. The second-order valence-electron chi connectivity index (χ2n) is 5.45. The second kappa shape index (κ2) is 7.30. The molecule has 1 aromatic carbocycles. The monoisotopic (exact) mass is 376 g/mol. The van der Waals surface area contributed by atoms with Crippen molar-refractivity contribution < 1.29 is 14.0 Å². The molecule has 0 atom stereocenters. The number of benzene rings is 1. The lowest BCUT2D eigenvalue weighted by atomic mass is 10.1. The lowest BCUT2D eigenvalue weighted by Gasteiger charge is -1.99. The molecule has 132 valence electrons. The number of amides is 1. The van der Waals surface area contributed by atoms with E-state index < -0.39 is 0 Å². The SMILES string of the molecule is O=C(Nc1nc(-c2ccco2)c(C(=O)c2ccccc2)s1)c1ccnnc1. The van der Waals surface area contributed by atoms with Crippen molar-refractivity contribution in [3.8, 4) is 11.5 Å². The summed E-state index contributed by atoms with van der Waals surface area (Å²) in [5.41, 5.74) is 1.27. The van der Waals surface area contributed by atoms with Crippen LogP contribution in [0.15, 0.2) is 71.6 Å². The summed E-state index contributed by atoms with van der Waals surface area (Å²) in [5.74, 6) is -0.120. The lowest BCUT2D eigenvalue weighted by Crippen LogP contribution is -2.12. The minimum absolute atomic E-state index is 0.189. The van der Waals surface area contributed by atoms with E-state index in [9.17, 15) is 9.59 Å². The van der Waals surface area contributed by atoms with Crippen molar-refractivity contribution in [2.24, 2.45) is 0 Å². The Morgan fingerprint density at radius 2 is 1.81 bits per heavy atom. The number of hydrogen-bond donors (Lipinski definition) is 1. The predicted octanol–water partition coefficient (Wildman–Crippen LogP) is 3.68. The van der Waals surface area contributed by atoms with E-state index in [0.717, 1.165) is 11.3 Å². The van der Waals surface area contributed by atoms with Crippen LogP contribution >= 0.6 is 11.3 Å². The van der Waals surface area contributed by atoms with Crippen molar-refractivity contribution in [1.29, 1.82) is 0 Å². The van der Waals surface area contributed by atoms with Crippen molar-refractivity contribution in [2.75, 3.05) is 5.32 Å². The van der Waals surface area contributed by atoms with Crippen LogP contribution in [0, 0.1) is 0 Å². The van der Waals surface area contributed by atoms with Crippen LogP contribution in [0.5, 0.6) is 0 Å². The van der Waals surface area contributed by atoms with E-state index >= 15 is 0 Å². The normalized spacial score (nSPS) is 10.5. The molecule has 0 bridgehead atoms. The van der Waals surface area contributed by atoms with Gasteiger partial charge in [-0.15, -0.1) is 0 Å². The molecule has 3 heterocycles. The van der Waals surface area contributed by atoms with Crippen molar-refractivity contribution in [3.63, 3.8) is 0 Å². The summed E-state index contributed by atoms with van der Waals surface area (Å²) in [7, 11) is 0. The minimum atomic E-state index is -0.386. The highest BCUT2D eigenvalue weighted by Crippen LogP contribution is 2.33. The number of rotatable bonds is 5. The highest BCUT2D eigenvalue weighted by Gasteiger charge is 2.23. The highest BCUT2D eigenvalue weighted by atomic mass is 32.1. The van der Waals surface area contributed by atoms with Crippen molar-refractivity contribution in [1.82, 2.24) is 15.2 Å². The van der Waals surface area contributed by atoms with Crippen LogP contribution in [-0.4, -0.2) is 26.9 Å². The molecule has 0 aliphatic carbocycles. The lowest BCUT2D eigenvalue weighted by molar-refractivity contribution is 0.102. The Morgan fingerprint density at radius 3 is 2.52 bits per heavy atom. The third kappa shape index (κ3) is 3.51.